The molecule has 1 aromatic carbocycles. The predicted molar refractivity (Wildman–Crippen MR) is 66.6 cm³/mol. The van der Waals surface area contributed by atoms with Crippen molar-refractivity contribution in [2.45, 2.75) is 32.2 Å². The van der Waals surface area contributed by atoms with Gasteiger partial charge in [0.25, 0.3) is 0 Å². The van der Waals surface area contributed by atoms with Gasteiger partial charge >= 0.3 is 0 Å². The van der Waals surface area contributed by atoms with Crippen LogP contribution in [0.5, 0.6) is 0 Å². The minimum absolute atomic E-state index is 0.654. The van der Waals surface area contributed by atoms with Gasteiger partial charge in [0.15, 0.2) is 0 Å². The molecule has 1 aliphatic carbocycles. The van der Waals surface area contributed by atoms with Gasteiger partial charge in [-0.05, 0) is 43.9 Å². The van der Waals surface area contributed by atoms with Crippen molar-refractivity contribution in [1.29, 1.82) is 0 Å². The van der Waals surface area contributed by atoms with E-state index in [-0.39, 0.29) is 0 Å². The molecule has 1 aliphatic rings. The van der Waals surface area contributed by atoms with Crippen LogP contribution in [0.25, 0.3) is 0 Å². The Labute approximate surface area is 96.0 Å². The summed E-state index contributed by atoms with van der Waals surface area (Å²) in [5.41, 5.74) is 8.84. The fourth-order valence-electron chi connectivity index (χ4n) is 2.04. The van der Waals surface area contributed by atoms with Crippen LogP contribution in [0.15, 0.2) is 12.1 Å². The summed E-state index contributed by atoms with van der Waals surface area (Å²) in [4.78, 5) is 2.32. The van der Waals surface area contributed by atoms with Crippen molar-refractivity contribution < 1.29 is 0 Å². The molecule has 0 bridgehead atoms. The van der Waals surface area contributed by atoms with E-state index < -0.39 is 0 Å². The zero-order chi connectivity index (χ0) is 11.0. The summed E-state index contributed by atoms with van der Waals surface area (Å²) in [5, 5.41) is 0.654. The quantitative estimate of drug-likeness (QED) is 0.782. The summed E-state index contributed by atoms with van der Waals surface area (Å²) in [6.07, 6.45) is 3.92. The molecule has 0 aromatic heterocycles. The maximum atomic E-state index is 6.04. The SMILES string of the molecule is Cc1cc(N)c(Cl)cc1N(C)C1CCC1. The third-order valence-electron chi connectivity index (χ3n) is 3.32. The number of anilines is 2. The first kappa shape index (κ1) is 10.6. The molecule has 3 heteroatoms. The lowest BCUT2D eigenvalue weighted by Gasteiger charge is -2.37. The van der Waals surface area contributed by atoms with Crippen molar-refractivity contribution in [3.63, 3.8) is 0 Å². The Balaban J connectivity index is 2.30. The molecular weight excluding hydrogens is 208 g/mol. The van der Waals surface area contributed by atoms with Crippen molar-refractivity contribution >= 4 is 23.0 Å². The van der Waals surface area contributed by atoms with E-state index in [0.717, 1.165) is 0 Å². The molecule has 1 saturated carbocycles. The van der Waals surface area contributed by atoms with Crippen molar-refractivity contribution in [2.24, 2.45) is 0 Å². The Kier molecular flexibility index (Phi) is 2.79. The highest BCUT2D eigenvalue weighted by Gasteiger charge is 2.23. The molecule has 0 heterocycles. The van der Waals surface area contributed by atoms with Crippen LogP contribution >= 0.6 is 11.6 Å². The average molecular weight is 225 g/mol. The van der Waals surface area contributed by atoms with E-state index >= 15 is 0 Å². The van der Waals surface area contributed by atoms with E-state index in [2.05, 4.69) is 18.9 Å². The molecule has 0 saturated heterocycles. The van der Waals surface area contributed by atoms with Gasteiger partial charge in [0.2, 0.25) is 0 Å². The number of benzene rings is 1. The number of halogens is 1. The second kappa shape index (κ2) is 3.93. The number of nitrogens with two attached hydrogens (primary N) is 1. The smallest absolute Gasteiger partial charge is 0.0656 e. The molecule has 0 radical (unpaired) electrons. The summed E-state index contributed by atoms with van der Waals surface area (Å²) in [5.74, 6) is 0. The molecular formula is C12H17ClN2. The van der Waals surface area contributed by atoms with Crippen LogP contribution in [-0.2, 0) is 0 Å². The van der Waals surface area contributed by atoms with Crippen LogP contribution in [0.4, 0.5) is 11.4 Å². The molecule has 82 valence electrons. The zero-order valence-electron chi connectivity index (χ0n) is 9.26. The third-order valence-corrected chi connectivity index (χ3v) is 3.64. The van der Waals surface area contributed by atoms with Gasteiger partial charge in [0.05, 0.1) is 10.7 Å². The van der Waals surface area contributed by atoms with Crippen molar-refractivity contribution in [3.8, 4) is 0 Å². The Morgan fingerprint density at radius 3 is 2.60 bits per heavy atom. The molecule has 0 unspecified atom stereocenters. The molecule has 1 aromatic rings. The number of hydrogen-bond acceptors (Lipinski definition) is 2. The fraction of sp³-hybridized carbons (Fsp3) is 0.500. The topological polar surface area (TPSA) is 29.3 Å². The average Bonchev–Trinajstić information content (AvgIpc) is 2.08. The molecule has 0 aliphatic heterocycles. The summed E-state index contributed by atoms with van der Waals surface area (Å²) >= 11 is 6.04. The number of rotatable bonds is 2. The summed E-state index contributed by atoms with van der Waals surface area (Å²) in [6.45, 7) is 2.08. The first-order valence-corrected chi connectivity index (χ1v) is 5.76. The largest absolute Gasteiger partial charge is 0.398 e. The maximum Gasteiger partial charge on any atom is 0.0656 e. The van der Waals surface area contributed by atoms with Crippen LogP contribution < -0.4 is 10.6 Å². The number of aryl methyl sites for hydroxylation is 1. The first-order valence-electron chi connectivity index (χ1n) is 5.38. The number of hydrogen-bond donors (Lipinski definition) is 1. The van der Waals surface area contributed by atoms with E-state index in [0.29, 0.717) is 16.8 Å². The van der Waals surface area contributed by atoms with E-state index in [1.165, 1.54) is 30.5 Å². The Morgan fingerprint density at radius 1 is 1.40 bits per heavy atom. The van der Waals surface area contributed by atoms with E-state index in [1.54, 1.807) is 0 Å². The van der Waals surface area contributed by atoms with Crippen molar-refractivity contribution in [1.82, 2.24) is 0 Å². The number of nitrogen functional groups attached to an aromatic ring is 1. The van der Waals surface area contributed by atoms with Crippen molar-refractivity contribution in [3.05, 3.63) is 22.7 Å². The van der Waals surface area contributed by atoms with Crippen LogP contribution in [0.2, 0.25) is 5.02 Å². The van der Waals surface area contributed by atoms with E-state index in [9.17, 15) is 0 Å². The van der Waals surface area contributed by atoms with Crippen LogP contribution in [0, 0.1) is 6.92 Å². The van der Waals surface area contributed by atoms with E-state index in [4.69, 9.17) is 17.3 Å². The van der Waals surface area contributed by atoms with E-state index in [1.807, 2.05) is 12.1 Å². The summed E-state index contributed by atoms with van der Waals surface area (Å²) in [6, 6.07) is 4.61. The molecule has 15 heavy (non-hydrogen) atoms. The highest BCUT2D eigenvalue weighted by atomic mass is 35.5. The lowest BCUT2D eigenvalue weighted by Crippen LogP contribution is -2.37. The van der Waals surface area contributed by atoms with Gasteiger partial charge in [-0.2, -0.15) is 0 Å². The lowest BCUT2D eigenvalue weighted by atomic mass is 9.91. The molecule has 0 atom stereocenters. The molecule has 0 spiro atoms. The highest BCUT2D eigenvalue weighted by Crippen LogP contribution is 2.33. The number of nitrogens with zero attached hydrogens (tertiary/aromatic N) is 1. The van der Waals surface area contributed by atoms with Gasteiger partial charge in [-0.3, -0.25) is 0 Å². The highest BCUT2D eigenvalue weighted by molar-refractivity contribution is 6.33. The van der Waals surface area contributed by atoms with Crippen LogP contribution in [-0.4, -0.2) is 13.1 Å². The normalized spacial score (nSPS) is 16.2. The Hall–Kier alpha value is -0.890. The zero-order valence-corrected chi connectivity index (χ0v) is 10.0. The van der Waals surface area contributed by atoms with Crippen molar-refractivity contribution in [2.75, 3.05) is 17.7 Å². The van der Waals surface area contributed by atoms with Crippen LogP contribution in [0.3, 0.4) is 0 Å². The Morgan fingerprint density at radius 2 is 2.07 bits per heavy atom. The Bertz CT molecular complexity index is 372. The summed E-state index contributed by atoms with van der Waals surface area (Å²) < 4.78 is 0. The lowest BCUT2D eigenvalue weighted by molar-refractivity contribution is 0.401. The first-order chi connectivity index (χ1) is 7.09. The molecule has 2 N–H and O–H groups in total. The van der Waals surface area contributed by atoms with Crippen LogP contribution in [0.1, 0.15) is 24.8 Å². The van der Waals surface area contributed by atoms with Gasteiger partial charge in [0, 0.05) is 18.8 Å². The molecule has 0 amide bonds. The van der Waals surface area contributed by atoms with Gasteiger partial charge in [-0.1, -0.05) is 11.6 Å². The van der Waals surface area contributed by atoms with Gasteiger partial charge < -0.3 is 10.6 Å². The molecule has 2 nitrogen and oxygen atoms in total. The maximum absolute atomic E-state index is 6.04. The predicted octanol–water partition coefficient (Wildman–Crippen LogP) is 3.22. The molecule has 2 rings (SSSR count). The monoisotopic (exact) mass is 224 g/mol. The van der Waals surface area contributed by atoms with Gasteiger partial charge in [0.1, 0.15) is 0 Å². The minimum atomic E-state index is 0.654. The standard InChI is InChI=1S/C12H17ClN2/c1-8-6-11(14)10(13)7-12(8)15(2)9-4-3-5-9/h6-7,9H,3-5,14H2,1-2H3. The van der Waals surface area contributed by atoms with Gasteiger partial charge in [-0.25, -0.2) is 0 Å². The second-order valence-corrected chi connectivity index (χ2v) is 4.76. The fourth-order valence-corrected chi connectivity index (χ4v) is 2.20. The second-order valence-electron chi connectivity index (χ2n) is 4.36. The minimum Gasteiger partial charge on any atom is -0.398 e. The molecule has 1 fully saturated rings. The van der Waals surface area contributed by atoms with Gasteiger partial charge in [-0.15, -0.1) is 0 Å². The third kappa shape index (κ3) is 1.91. The summed E-state index contributed by atoms with van der Waals surface area (Å²) in [7, 11) is 2.14.